The fraction of sp³-hybridized carbons (Fsp3) is 1.00. The van der Waals surface area contributed by atoms with Gasteiger partial charge >= 0.3 is 0 Å². The minimum atomic E-state index is 0.776. The highest BCUT2D eigenvalue weighted by Gasteiger charge is 2.22. The number of morpholine rings is 1. The van der Waals surface area contributed by atoms with Crippen molar-refractivity contribution in [1.82, 2.24) is 10.2 Å². The monoisotopic (exact) mass is 268 g/mol. The van der Waals surface area contributed by atoms with E-state index in [0.29, 0.717) is 0 Å². The van der Waals surface area contributed by atoms with Gasteiger partial charge in [-0.1, -0.05) is 26.7 Å². The molecule has 1 aliphatic heterocycles. The second kappa shape index (κ2) is 8.23. The summed E-state index contributed by atoms with van der Waals surface area (Å²) in [6, 6.07) is 0.776. The Bertz CT molecular complexity index is 239. The smallest absolute Gasteiger partial charge is 0.0594 e. The quantitative estimate of drug-likeness (QED) is 0.801. The van der Waals surface area contributed by atoms with E-state index >= 15 is 0 Å². The van der Waals surface area contributed by atoms with Crippen LogP contribution in [0.3, 0.4) is 0 Å². The van der Waals surface area contributed by atoms with Gasteiger partial charge in [0.15, 0.2) is 0 Å². The first-order valence-electron chi connectivity index (χ1n) is 8.27. The largest absolute Gasteiger partial charge is 0.379 e. The lowest BCUT2D eigenvalue weighted by Gasteiger charge is -2.32. The molecule has 1 saturated heterocycles. The van der Waals surface area contributed by atoms with Crippen molar-refractivity contribution in [2.45, 2.75) is 52.0 Å². The Balaban J connectivity index is 1.59. The van der Waals surface area contributed by atoms with Crippen LogP contribution in [-0.4, -0.2) is 50.3 Å². The molecule has 3 nitrogen and oxygen atoms in total. The number of nitrogens with one attached hydrogen (secondary N) is 1. The molecule has 0 aromatic heterocycles. The summed E-state index contributed by atoms with van der Waals surface area (Å²) in [6.45, 7) is 11.1. The van der Waals surface area contributed by atoms with Crippen LogP contribution in [0, 0.1) is 11.8 Å². The SMILES string of the molecule is CC(C)CC1CCCC(NCCN2CCOCC2)C1. The number of rotatable bonds is 6. The van der Waals surface area contributed by atoms with Crippen molar-refractivity contribution >= 4 is 0 Å². The molecule has 2 aliphatic rings. The van der Waals surface area contributed by atoms with Crippen LogP contribution in [0.4, 0.5) is 0 Å². The maximum Gasteiger partial charge on any atom is 0.0594 e. The predicted octanol–water partition coefficient (Wildman–Crippen LogP) is 2.51. The van der Waals surface area contributed by atoms with Gasteiger partial charge in [-0.2, -0.15) is 0 Å². The van der Waals surface area contributed by atoms with Crippen molar-refractivity contribution in [3.05, 3.63) is 0 Å². The molecule has 112 valence electrons. The predicted molar refractivity (Wildman–Crippen MR) is 80.5 cm³/mol. The summed E-state index contributed by atoms with van der Waals surface area (Å²) >= 11 is 0. The lowest BCUT2D eigenvalue weighted by molar-refractivity contribution is 0.0378. The zero-order valence-corrected chi connectivity index (χ0v) is 12.9. The van der Waals surface area contributed by atoms with Crippen LogP contribution in [0.1, 0.15) is 46.0 Å². The van der Waals surface area contributed by atoms with Crippen LogP contribution >= 0.6 is 0 Å². The first kappa shape index (κ1) is 15.3. The van der Waals surface area contributed by atoms with E-state index in [0.717, 1.165) is 50.7 Å². The highest BCUT2D eigenvalue weighted by atomic mass is 16.5. The Hall–Kier alpha value is -0.120. The molecule has 2 fully saturated rings. The van der Waals surface area contributed by atoms with E-state index in [9.17, 15) is 0 Å². The molecule has 1 N–H and O–H groups in total. The minimum absolute atomic E-state index is 0.776. The van der Waals surface area contributed by atoms with Gasteiger partial charge < -0.3 is 10.1 Å². The lowest BCUT2D eigenvalue weighted by atomic mass is 9.81. The molecule has 0 bridgehead atoms. The zero-order valence-electron chi connectivity index (χ0n) is 12.9. The van der Waals surface area contributed by atoms with Crippen molar-refractivity contribution in [2.24, 2.45) is 11.8 Å². The van der Waals surface area contributed by atoms with E-state index in [1.165, 1.54) is 38.6 Å². The van der Waals surface area contributed by atoms with Crippen molar-refractivity contribution < 1.29 is 4.74 Å². The van der Waals surface area contributed by atoms with Crippen molar-refractivity contribution in [2.75, 3.05) is 39.4 Å². The molecule has 1 saturated carbocycles. The molecule has 2 unspecified atom stereocenters. The second-order valence-corrected chi connectivity index (χ2v) is 6.77. The fourth-order valence-corrected chi connectivity index (χ4v) is 3.61. The number of ether oxygens (including phenoxy) is 1. The summed E-state index contributed by atoms with van der Waals surface area (Å²) in [5.41, 5.74) is 0. The third-order valence-electron chi connectivity index (χ3n) is 4.55. The summed E-state index contributed by atoms with van der Waals surface area (Å²) in [5, 5.41) is 3.79. The summed E-state index contributed by atoms with van der Waals surface area (Å²) in [6.07, 6.45) is 7.09. The standard InChI is InChI=1S/C16H32N2O/c1-14(2)12-15-4-3-5-16(13-15)17-6-7-18-8-10-19-11-9-18/h14-17H,3-13H2,1-2H3. The number of nitrogens with zero attached hydrogens (tertiary/aromatic N) is 1. The molecule has 0 aromatic rings. The van der Waals surface area contributed by atoms with Crippen LogP contribution < -0.4 is 5.32 Å². The van der Waals surface area contributed by atoms with E-state index < -0.39 is 0 Å². The maximum atomic E-state index is 5.38. The number of hydrogen-bond acceptors (Lipinski definition) is 3. The van der Waals surface area contributed by atoms with Crippen molar-refractivity contribution in [3.8, 4) is 0 Å². The molecule has 3 heteroatoms. The molecule has 1 heterocycles. The molecular formula is C16H32N2O. The molecule has 2 atom stereocenters. The average molecular weight is 268 g/mol. The van der Waals surface area contributed by atoms with Gasteiger partial charge in [0.05, 0.1) is 13.2 Å². The van der Waals surface area contributed by atoms with Gasteiger partial charge in [-0.05, 0) is 31.1 Å². The third-order valence-corrected chi connectivity index (χ3v) is 4.55. The van der Waals surface area contributed by atoms with Gasteiger partial charge in [-0.15, -0.1) is 0 Å². The zero-order chi connectivity index (χ0) is 13.5. The first-order chi connectivity index (χ1) is 9.24. The fourth-order valence-electron chi connectivity index (χ4n) is 3.61. The van der Waals surface area contributed by atoms with Crippen LogP contribution in [0.2, 0.25) is 0 Å². The first-order valence-corrected chi connectivity index (χ1v) is 8.27. The van der Waals surface area contributed by atoms with Gasteiger partial charge in [0.2, 0.25) is 0 Å². The molecule has 0 radical (unpaired) electrons. The molecule has 2 rings (SSSR count). The topological polar surface area (TPSA) is 24.5 Å². The highest BCUT2D eigenvalue weighted by Crippen LogP contribution is 2.29. The van der Waals surface area contributed by atoms with Gasteiger partial charge in [0.25, 0.3) is 0 Å². The van der Waals surface area contributed by atoms with Gasteiger partial charge in [-0.3, -0.25) is 4.90 Å². The summed E-state index contributed by atoms with van der Waals surface area (Å²) in [4.78, 5) is 2.52. The van der Waals surface area contributed by atoms with E-state index in [-0.39, 0.29) is 0 Å². The van der Waals surface area contributed by atoms with Crippen LogP contribution in [0.15, 0.2) is 0 Å². The Kier molecular flexibility index (Phi) is 6.62. The van der Waals surface area contributed by atoms with Gasteiger partial charge in [0.1, 0.15) is 0 Å². The summed E-state index contributed by atoms with van der Waals surface area (Å²) in [7, 11) is 0. The minimum Gasteiger partial charge on any atom is -0.379 e. The van der Waals surface area contributed by atoms with Crippen molar-refractivity contribution in [3.63, 3.8) is 0 Å². The molecular weight excluding hydrogens is 236 g/mol. The lowest BCUT2D eigenvalue weighted by Crippen LogP contribution is -2.43. The third kappa shape index (κ3) is 5.80. The average Bonchev–Trinajstić information content (AvgIpc) is 2.40. The Morgan fingerprint density at radius 2 is 2.00 bits per heavy atom. The molecule has 0 amide bonds. The van der Waals surface area contributed by atoms with E-state index in [1.54, 1.807) is 0 Å². The highest BCUT2D eigenvalue weighted by molar-refractivity contribution is 4.79. The molecule has 0 spiro atoms. The van der Waals surface area contributed by atoms with Crippen LogP contribution in [0.25, 0.3) is 0 Å². The molecule has 19 heavy (non-hydrogen) atoms. The summed E-state index contributed by atoms with van der Waals surface area (Å²) < 4.78 is 5.38. The molecule has 1 aliphatic carbocycles. The second-order valence-electron chi connectivity index (χ2n) is 6.77. The Morgan fingerprint density at radius 1 is 1.21 bits per heavy atom. The van der Waals surface area contributed by atoms with E-state index in [2.05, 4.69) is 24.1 Å². The van der Waals surface area contributed by atoms with E-state index in [4.69, 9.17) is 4.74 Å². The normalized spacial score (nSPS) is 29.8. The Morgan fingerprint density at radius 3 is 2.74 bits per heavy atom. The van der Waals surface area contributed by atoms with Crippen LogP contribution in [0.5, 0.6) is 0 Å². The van der Waals surface area contributed by atoms with Gasteiger partial charge in [-0.25, -0.2) is 0 Å². The number of hydrogen-bond donors (Lipinski definition) is 1. The maximum absolute atomic E-state index is 5.38. The van der Waals surface area contributed by atoms with Gasteiger partial charge in [0, 0.05) is 32.2 Å². The Labute approximate surface area is 119 Å². The van der Waals surface area contributed by atoms with Crippen molar-refractivity contribution in [1.29, 1.82) is 0 Å². The molecule has 0 aromatic carbocycles. The summed E-state index contributed by atoms with van der Waals surface area (Å²) in [5.74, 6) is 1.83. The van der Waals surface area contributed by atoms with E-state index in [1.807, 2.05) is 0 Å². The van der Waals surface area contributed by atoms with Crippen LogP contribution in [-0.2, 0) is 4.74 Å².